The second kappa shape index (κ2) is 20.9. The predicted molar refractivity (Wildman–Crippen MR) is 321 cm³/mol. The average molecular weight is 1040 g/mol. The first-order valence-electron chi connectivity index (χ1n) is 26.1. The minimum absolute atomic E-state index is 0.269. The molecule has 0 fully saturated rings. The van der Waals surface area contributed by atoms with Crippen molar-refractivity contribution in [2.24, 2.45) is 0 Å². The van der Waals surface area contributed by atoms with E-state index in [0.29, 0.717) is 45.3 Å². The summed E-state index contributed by atoms with van der Waals surface area (Å²) in [5.41, 5.74) is 20.7. The van der Waals surface area contributed by atoms with E-state index >= 15 is 0 Å². The fraction of sp³-hybridized carbons (Fsp3) is 0.0294. The molecule has 0 aliphatic carbocycles. The number of benzene rings is 4. The van der Waals surface area contributed by atoms with E-state index in [1.165, 1.54) is 0 Å². The topological polar surface area (TPSA) is 167 Å². The number of aromatic amines is 2. The van der Waals surface area contributed by atoms with E-state index in [0.717, 1.165) is 100 Å². The molecule has 4 N–H and O–H groups in total. The van der Waals surface area contributed by atoms with E-state index in [2.05, 4.69) is 101 Å². The van der Waals surface area contributed by atoms with Crippen LogP contribution in [0.15, 0.2) is 207 Å². The first-order chi connectivity index (χ1) is 39.2. The van der Waals surface area contributed by atoms with E-state index in [-0.39, 0.29) is 11.8 Å². The van der Waals surface area contributed by atoms with Crippen LogP contribution in [-0.2, 0) is 0 Å². The number of pyridine rings is 4. The highest BCUT2D eigenvalue weighted by atomic mass is 16.2. The maximum absolute atomic E-state index is 13.8. The van der Waals surface area contributed by atoms with Crippen molar-refractivity contribution < 1.29 is 9.59 Å². The number of H-pyrrole nitrogens is 2. The van der Waals surface area contributed by atoms with Crippen molar-refractivity contribution in [1.29, 1.82) is 0 Å². The second-order valence-electron chi connectivity index (χ2n) is 19.6. The van der Waals surface area contributed by atoms with Crippen LogP contribution in [0.3, 0.4) is 0 Å². The Morgan fingerprint density at radius 3 is 1.00 bits per heavy atom. The summed E-state index contributed by atoms with van der Waals surface area (Å²) in [6, 6.07) is 59.3. The Kier molecular flexibility index (Phi) is 12.7. The number of aryl methyl sites for hydroxylation is 2. The standard InChI is InChI=1S/C68H48N10O2/c1-41-29-33-69-59(37-41)61-39-47(31-35-71-61)67(79)73-49-17-13-45(14-18-49)65-55-25-23-53(76-55)63(43-9-5-3-6-10-43)51-21-22-52(75-51)64(44-11-7-4-8-12-44)54-24-26-56(77-54)66(58-28-27-57(65)78-58)46-15-19-50(20-16-46)74-68(80)48-32-36-72-62(40-48)60-38-42(2)30-34-70-60/h3-40,76-77H,1-2H3,(H,73,79)(H,74,80). The Hall–Kier alpha value is -11.0. The number of anilines is 2. The van der Waals surface area contributed by atoms with Gasteiger partial charge in [-0.25, -0.2) is 9.97 Å². The number of nitrogens with one attached hydrogen (secondary N) is 4. The Labute approximate surface area is 460 Å². The predicted octanol–water partition coefficient (Wildman–Crippen LogP) is 15.4. The monoisotopic (exact) mass is 1040 g/mol. The number of carbonyl (C=O) groups is 2. The molecule has 2 amide bonds. The van der Waals surface area contributed by atoms with Crippen molar-refractivity contribution in [3.05, 3.63) is 252 Å². The van der Waals surface area contributed by atoms with E-state index in [4.69, 9.17) is 9.97 Å². The van der Waals surface area contributed by atoms with E-state index in [1.807, 2.05) is 135 Å². The molecule has 4 aromatic carbocycles. The number of carbonyl (C=O) groups excluding carboxylic acids is 2. The third-order valence-electron chi connectivity index (χ3n) is 14.1. The van der Waals surface area contributed by atoms with Crippen LogP contribution in [0.2, 0.25) is 0 Å². The molecule has 7 aromatic heterocycles. The summed E-state index contributed by atoms with van der Waals surface area (Å²) in [4.78, 5) is 64.0. The summed E-state index contributed by atoms with van der Waals surface area (Å²) in [6.07, 6.45) is 15.0. The zero-order valence-electron chi connectivity index (χ0n) is 43.4. The maximum atomic E-state index is 13.8. The van der Waals surface area contributed by atoms with Crippen LogP contribution < -0.4 is 10.6 Å². The van der Waals surface area contributed by atoms with Crippen molar-refractivity contribution in [1.82, 2.24) is 39.9 Å². The highest BCUT2D eigenvalue weighted by Gasteiger charge is 2.20. The second-order valence-corrected chi connectivity index (χ2v) is 19.6. The molecule has 13 rings (SSSR count). The number of aromatic nitrogens is 8. The molecule has 0 radical (unpaired) electrons. The van der Waals surface area contributed by atoms with Gasteiger partial charge in [0.15, 0.2) is 0 Å². The van der Waals surface area contributed by atoms with Gasteiger partial charge >= 0.3 is 0 Å². The molecule has 382 valence electrons. The number of amides is 2. The molecule has 12 heteroatoms. The summed E-state index contributed by atoms with van der Waals surface area (Å²) in [7, 11) is 0. The summed E-state index contributed by atoms with van der Waals surface area (Å²) < 4.78 is 0. The van der Waals surface area contributed by atoms with Gasteiger partial charge in [0.05, 0.1) is 45.6 Å². The number of rotatable bonds is 10. The maximum Gasteiger partial charge on any atom is 0.255 e. The van der Waals surface area contributed by atoms with Crippen LogP contribution in [-0.4, -0.2) is 51.7 Å². The van der Waals surface area contributed by atoms with Gasteiger partial charge in [0.1, 0.15) is 0 Å². The molecule has 0 unspecified atom stereocenters. The molecule has 9 heterocycles. The lowest BCUT2D eigenvalue weighted by molar-refractivity contribution is 0.101. The number of nitrogens with zero attached hydrogens (tertiary/aromatic N) is 6. The number of fused-ring (bicyclic) bond motifs is 8. The highest BCUT2D eigenvalue weighted by Crippen LogP contribution is 2.39. The largest absolute Gasteiger partial charge is 0.354 e. The van der Waals surface area contributed by atoms with Crippen molar-refractivity contribution in [2.45, 2.75) is 13.8 Å². The lowest BCUT2D eigenvalue weighted by atomic mass is 10.0. The first kappa shape index (κ1) is 48.6. The third kappa shape index (κ3) is 9.76. The molecule has 8 bridgehead atoms. The van der Waals surface area contributed by atoms with Crippen molar-refractivity contribution in [3.63, 3.8) is 0 Å². The van der Waals surface area contributed by atoms with E-state index in [1.54, 1.807) is 49.1 Å². The summed E-state index contributed by atoms with van der Waals surface area (Å²) in [6.45, 7) is 3.99. The molecule has 0 atom stereocenters. The molecule has 2 aliphatic rings. The smallest absolute Gasteiger partial charge is 0.255 e. The van der Waals surface area contributed by atoms with Gasteiger partial charge in [0.2, 0.25) is 0 Å². The normalized spacial score (nSPS) is 11.6. The first-order valence-corrected chi connectivity index (χ1v) is 26.1. The third-order valence-corrected chi connectivity index (χ3v) is 14.1. The molecule has 0 spiro atoms. The minimum Gasteiger partial charge on any atom is -0.354 e. The molecule has 0 saturated carbocycles. The quantitative estimate of drug-likeness (QED) is 0.105. The van der Waals surface area contributed by atoms with Crippen molar-refractivity contribution >= 4 is 69.6 Å². The van der Waals surface area contributed by atoms with Gasteiger partial charge in [-0.3, -0.25) is 29.5 Å². The van der Waals surface area contributed by atoms with Crippen molar-refractivity contribution in [3.8, 4) is 67.3 Å². The van der Waals surface area contributed by atoms with Crippen LogP contribution in [0.1, 0.15) is 54.6 Å². The molecule has 12 nitrogen and oxygen atoms in total. The Balaban J connectivity index is 0.949. The Morgan fingerprint density at radius 1 is 0.350 bits per heavy atom. The van der Waals surface area contributed by atoms with Crippen molar-refractivity contribution in [2.75, 3.05) is 10.6 Å². The van der Waals surface area contributed by atoms with Crippen LogP contribution in [0, 0.1) is 13.8 Å². The van der Waals surface area contributed by atoms with Gasteiger partial charge in [-0.15, -0.1) is 0 Å². The summed E-state index contributed by atoms with van der Waals surface area (Å²) in [5.74, 6) is -0.538. The van der Waals surface area contributed by atoms with E-state index in [9.17, 15) is 9.59 Å². The number of hydrogen-bond donors (Lipinski definition) is 4. The molecular formula is C68H48N10O2. The lowest BCUT2D eigenvalue weighted by Crippen LogP contribution is -2.12. The fourth-order valence-electron chi connectivity index (χ4n) is 10.3. The Morgan fingerprint density at radius 2 is 0.662 bits per heavy atom. The zero-order chi connectivity index (χ0) is 54.1. The molecule has 80 heavy (non-hydrogen) atoms. The van der Waals surface area contributed by atoms with Crippen LogP contribution in [0.4, 0.5) is 11.4 Å². The van der Waals surface area contributed by atoms with Gasteiger partial charge in [0.25, 0.3) is 11.8 Å². The van der Waals surface area contributed by atoms with Crippen LogP contribution >= 0.6 is 0 Å². The Bertz CT molecular complexity index is 4190. The molecule has 2 aliphatic heterocycles. The van der Waals surface area contributed by atoms with Gasteiger partial charge in [-0.05, 0) is 169 Å². The number of hydrogen-bond acceptors (Lipinski definition) is 8. The van der Waals surface area contributed by atoms with Crippen LogP contribution in [0.25, 0.3) is 114 Å². The van der Waals surface area contributed by atoms with Gasteiger partial charge in [0, 0.05) is 91.6 Å². The molecular weight excluding hydrogens is 989 g/mol. The average Bonchev–Trinajstić information content (AvgIpc) is 4.51. The summed E-state index contributed by atoms with van der Waals surface area (Å²) in [5, 5.41) is 6.18. The SMILES string of the molecule is Cc1ccnc(-c2cc(C(=O)Nc3ccc(-c4c5nc(c(-c6ccc(NC(=O)c7ccnc(-c8cc(C)ccn8)c7)cc6)c6ccc([nH]6)c(-c6ccccc6)c6nc(c(-c7ccccc7)c7ccc4[nH]7)C=C6)C=C5)cc3)ccn2)c1. The molecule has 0 saturated heterocycles. The lowest BCUT2D eigenvalue weighted by Gasteiger charge is -2.10. The van der Waals surface area contributed by atoms with Gasteiger partial charge < -0.3 is 20.6 Å². The minimum atomic E-state index is -0.269. The van der Waals surface area contributed by atoms with E-state index < -0.39 is 0 Å². The highest BCUT2D eigenvalue weighted by molar-refractivity contribution is 6.06. The zero-order valence-corrected chi connectivity index (χ0v) is 43.4. The molecule has 11 aromatic rings. The fourth-order valence-corrected chi connectivity index (χ4v) is 10.3. The summed E-state index contributed by atoms with van der Waals surface area (Å²) >= 11 is 0. The van der Waals surface area contributed by atoms with Gasteiger partial charge in [-0.2, -0.15) is 0 Å². The van der Waals surface area contributed by atoms with Gasteiger partial charge in [-0.1, -0.05) is 84.9 Å². The van der Waals surface area contributed by atoms with Crippen LogP contribution in [0.5, 0.6) is 0 Å².